The van der Waals surface area contributed by atoms with E-state index in [0.717, 1.165) is 11.4 Å². The summed E-state index contributed by atoms with van der Waals surface area (Å²) < 4.78 is 5.79. The van der Waals surface area contributed by atoms with E-state index in [-0.39, 0.29) is 5.41 Å². The normalized spacial score (nSPS) is 11.4. The van der Waals surface area contributed by atoms with Gasteiger partial charge in [-0.1, -0.05) is 39.0 Å². The molecule has 0 aliphatic rings. The van der Waals surface area contributed by atoms with Gasteiger partial charge < -0.3 is 4.74 Å². The molecule has 100 valence electrons. The summed E-state index contributed by atoms with van der Waals surface area (Å²) in [5.74, 6) is 1.76. The topological polar surface area (TPSA) is 22.1 Å². The number of nitrogens with zero attached hydrogens (tertiary/aromatic N) is 1. The molecule has 0 atom stereocenters. The van der Waals surface area contributed by atoms with Crippen LogP contribution in [0, 0.1) is 0 Å². The van der Waals surface area contributed by atoms with Gasteiger partial charge >= 0.3 is 0 Å². The smallest absolute Gasteiger partial charge is 0.219 e. The number of hydrogen-bond donors (Lipinski definition) is 0. The van der Waals surface area contributed by atoms with E-state index in [1.807, 2.05) is 30.3 Å². The Morgan fingerprint density at radius 2 is 1.84 bits per heavy atom. The molecule has 0 spiro atoms. The van der Waals surface area contributed by atoms with Crippen molar-refractivity contribution >= 4 is 11.6 Å². The molecular formula is C16H18ClNO. The van der Waals surface area contributed by atoms with Gasteiger partial charge in [0.1, 0.15) is 5.75 Å². The lowest BCUT2D eigenvalue weighted by molar-refractivity contribution is 0.458. The summed E-state index contributed by atoms with van der Waals surface area (Å²) in [5, 5.41) is 0. The summed E-state index contributed by atoms with van der Waals surface area (Å²) in [6.07, 6.45) is 0. The second-order valence-corrected chi connectivity index (χ2v) is 5.75. The molecule has 1 aromatic heterocycles. The fourth-order valence-corrected chi connectivity index (χ4v) is 1.88. The molecule has 0 N–H and O–H groups in total. The Balaban J connectivity index is 2.23. The molecule has 1 aromatic carbocycles. The second kappa shape index (κ2) is 5.62. The molecule has 0 bridgehead atoms. The fraction of sp³-hybridized carbons (Fsp3) is 0.312. The van der Waals surface area contributed by atoms with Crippen molar-refractivity contribution in [3.63, 3.8) is 0 Å². The number of alkyl halides is 1. The highest BCUT2D eigenvalue weighted by Gasteiger charge is 2.14. The molecular weight excluding hydrogens is 258 g/mol. The van der Waals surface area contributed by atoms with Crippen LogP contribution in [0.4, 0.5) is 0 Å². The van der Waals surface area contributed by atoms with Gasteiger partial charge in [0.2, 0.25) is 5.88 Å². The maximum atomic E-state index is 5.79. The largest absolute Gasteiger partial charge is 0.439 e. The van der Waals surface area contributed by atoms with Crippen molar-refractivity contribution in [2.45, 2.75) is 32.1 Å². The van der Waals surface area contributed by atoms with Crippen LogP contribution < -0.4 is 4.74 Å². The summed E-state index contributed by atoms with van der Waals surface area (Å²) >= 11 is 5.77. The highest BCUT2D eigenvalue weighted by atomic mass is 35.5. The molecule has 0 saturated heterocycles. The van der Waals surface area contributed by atoms with Gasteiger partial charge in [0.05, 0.1) is 11.6 Å². The van der Waals surface area contributed by atoms with Gasteiger partial charge in [-0.25, -0.2) is 4.98 Å². The first kappa shape index (κ1) is 13.9. The maximum absolute atomic E-state index is 5.79. The van der Waals surface area contributed by atoms with Crippen LogP contribution in [0.3, 0.4) is 0 Å². The molecule has 1 heterocycles. The van der Waals surface area contributed by atoms with Gasteiger partial charge in [0, 0.05) is 6.07 Å². The Morgan fingerprint density at radius 3 is 2.53 bits per heavy atom. The van der Waals surface area contributed by atoms with Crippen LogP contribution in [-0.4, -0.2) is 4.98 Å². The summed E-state index contributed by atoms with van der Waals surface area (Å²) in [6, 6.07) is 13.7. The van der Waals surface area contributed by atoms with E-state index < -0.39 is 0 Å². The average molecular weight is 276 g/mol. The molecule has 2 rings (SSSR count). The first-order valence-corrected chi connectivity index (χ1v) is 6.83. The third-order valence-corrected chi connectivity index (χ3v) is 3.11. The highest BCUT2D eigenvalue weighted by molar-refractivity contribution is 6.16. The average Bonchev–Trinajstić information content (AvgIpc) is 2.38. The minimum atomic E-state index is 0.102. The van der Waals surface area contributed by atoms with Gasteiger partial charge in [0.15, 0.2) is 0 Å². The third kappa shape index (κ3) is 3.71. The molecule has 0 aliphatic carbocycles. The van der Waals surface area contributed by atoms with E-state index in [2.05, 4.69) is 37.9 Å². The molecule has 0 saturated carbocycles. The van der Waals surface area contributed by atoms with Crippen LogP contribution in [0.1, 0.15) is 32.0 Å². The van der Waals surface area contributed by atoms with Crippen LogP contribution in [0.5, 0.6) is 11.6 Å². The summed E-state index contributed by atoms with van der Waals surface area (Å²) in [6.45, 7) is 6.54. The first-order chi connectivity index (χ1) is 8.99. The minimum absolute atomic E-state index is 0.102. The fourth-order valence-electron chi connectivity index (χ4n) is 1.74. The number of pyridine rings is 1. The molecule has 2 nitrogen and oxygen atoms in total. The Morgan fingerprint density at radius 1 is 1.11 bits per heavy atom. The first-order valence-electron chi connectivity index (χ1n) is 6.29. The number of aromatic nitrogens is 1. The van der Waals surface area contributed by atoms with E-state index >= 15 is 0 Å². The van der Waals surface area contributed by atoms with Crippen molar-refractivity contribution in [3.05, 3.63) is 53.7 Å². The third-order valence-electron chi connectivity index (χ3n) is 2.84. The van der Waals surface area contributed by atoms with Crippen LogP contribution in [0.2, 0.25) is 0 Å². The number of benzene rings is 1. The van der Waals surface area contributed by atoms with Crippen molar-refractivity contribution in [1.82, 2.24) is 4.98 Å². The van der Waals surface area contributed by atoms with Crippen molar-refractivity contribution in [3.8, 4) is 11.6 Å². The lowest BCUT2D eigenvalue weighted by Gasteiger charge is -2.19. The Kier molecular flexibility index (Phi) is 4.11. The van der Waals surface area contributed by atoms with E-state index in [0.29, 0.717) is 11.8 Å². The molecule has 0 unspecified atom stereocenters. The Hall–Kier alpha value is -1.54. The van der Waals surface area contributed by atoms with Gasteiger partial charge in [-0.15, -0.1) is 11.6 Å². The Labute approximate surface area is 119 Å². The zero-order chi connectivity index (χ0) is 13.9. The van der Waals surface area contributed by atoms with Crippen molar-refractivity contribution in [2.75, 3.05) is 0 Å². The SMILES string of the molecule is CC(C)(C)c1cccc(Oc2cccc(CCl)n2)c1. The lowest BCUT2D eigenvalue weighted by atomic mass is 9.87. The predicted octanol–water partition coefficient (Wildman–Crippen LogP) is 4.91. The number of ether oxygens (including phenoxy) is 1. The van der Waals surface area contributed by atoms with Crippen LogP contribution in [0.25, 0.3) is 0 Å². The number of halogens is 1. The minimum Gasteiger partial charge on any atom is -0.439 e. The van der Waals surface area contributed by atoms with Crippen molar-refractivity contribution in [2.24, 2.45) is 0 Å². The van der Waals surface area contributed by atoms with Gasteiger partial charge in [-0.2, -0.15) is 0 Å². The zero-order valence-corrected chi connectivity index (χ0v) is 12.2. The number of hydrogen-bond acceptors (Lipinski definition) is 2. The zero-order valence-electron chi connectivity index (χ0n) is 11.5. The van der Waals surface area contributed by atoms with Crippen molar-refractivity contribution < 1.29 is 4.74 Å². The maximum Gasteiger partial charge on any atom is 0.219 e. The van der Waals surface area contributed by atoms with Gasteiger partial charge in [0.25, 0.3) is 0 Å². The molecule has 0 radical (unpaired) electrons. The monoisotopic (exact) mass is 275 g/mol. The van der Waals surface area contributed by atoms with E-state index in [4.69, 9.17) is 16.3 Å². The molecule has 2 aromatic rings. The van der Waals surface area contributed by atoms with Crippen LogP contribution in [0.15, 0.2) is 42.5 Å². The second-order valence-electron chi connectivity index (χ2n) is 5.48. The van der Waals surface area contributed by atoms with E-state index in [1.165, 1.54) is 5.56 Å². The predicted molar refractivity (Wildman–Crippen MR) is 79.0 cm³/mol. The van der Waals surface area contributed by atoms with E-state index in [1.54, 1.807) is 0 Å². The molecule has 0 fully saturated rings. The number of rotatable bonds is 3. The quantitative estimate of drug-likeness (QED) is 0.743. The molecule has 0 aliphatic heterocycles. The molecule has 0 amide bonds. The molecule has 3 heteroatoms. The van der Waals surface area contributed by atoms with E-state index in [9.17, 15) is 0 Å². The lowest BCUT2D eigenvalue weighted by Crippen LogP contribution is -2.10. The van der Waals surface area contributed by atoms with Gasteiger partial charge in [-0.3, -0.25) is 0 Å². The van der Waals surface area contributed by atoms with Crippen LogP contribution >= 0.6 is 11.6 Å². The molecule has 19 heavy (non-hydrogen) atoms. The summed E-state index contributed by atoms with van der Waals surface area (Å²) in [4.78, 5) is 4.32. The Bertz CT molecular complexity index is 561. The van der Waals surface area contributed by atoms with Gasteiger partial charge in [-0.05, 0) is 29.2 Å². The highest BCUT2D eigenvalue weighted by Crippen LogP contribution is 2.27. The summed E-state index contributed by atoms with van der Waals surface area (Å²) in [5.41, 5.74) is 2.15. The standard InChI is InChI=1S/C16H18ClNO/c1-16(2,3)12-6-4-8-14(10-12)19-15-9-5-7-13(11-17)18-15/h4-10H,11H2,1-3H3. The van der Waals surface area contributed by atoms with Crippen molar-refractivity contribution in [1.29, 1.82) is 0 Å². The summed E-state index contributed by atoms with van der Waals surface area (Å²) in [7, 11) is 0. The van der Waals surface area contributed by atoms with Crippen LogP contribution in [-0.2, 0) is 11.3 Å².